The molecule has 0 radical (unpaired) electrons. The van der Waals surface area contributed by atoms with Crippen LogP contribution in [-0.4, -0.2) is 79.4 Å². The van der Waals surface area contributed by atoms with Gasteiger partial charge in [0.05, 0.1) is 27.1 Å². The third-order valence-corrected chi connectivity index (χ3v) is 12.0. The number of hydrogen-bond acceptors (Lipinski definition) is 12. The summed E-state index contributed by atoms with van der Waals surface area (Å²) >= 11 is 0. The highest BCUT2D eigenvalue weighted by Gasteiger charge is 2.34. The van der Waals surface area contributed by atoms with Crippen molar-refractivity contribution >= 4 is 104 Å². The third kappa shape index (κ3) is 4.41. The van der Waals surface area contributed by atoms with E-state index in [2.05, 4.69) is 0 Å². The summed E-state index contributed by atoms with van der Waals surface area (Å²) in [6.07, 6.45) is 0. The van der Waals surface area contributed by atoms with Crippen molar-refractivity contribution in [1.29, 1.82) is 0 Å². The Labute approximate surface area is 331 Å². The number of amides is 2. The van der Waals surface area contributed by atoms with Crippen molar-refractivity contribution in [3.8, 4) is 34.5 Å². The van der Waals surface area contributed by atoms with E-state index in [0.29, 0.717) is 78.7 Å². The van der Waals surface area contributed by atoms with Gasteiger partial charge in [0, 0.05) is 84.9 Å². The number of likely N-dealkylation sites (N-methyl/N-ethyl adjacent to an activating group) is 1. The number of imide groups is 1. The minimum atomic E-state index is -0.661. The molecule has 292 valence electrons. The van der Waals surface area contributed by atoms with Gasteiger partial charge < -0.3 is 41.3 Å². The first kappa shape index (κ1) is 35.8. The number of rotatable bonds is 3. The van der Waals surface area contributed by atoms with Gasteiger partial charge in [0.15, 0.2) is 0 Å². The number of anilines is 1. The molecule has 1 aliphatic heterocycles. The summed E-state index contributed by atoms with van der Waals surface area (Å²) in [6.45, 7) is 4.51. The molecule has 0 spiro atoms. The number of phenolic OH excluding ortho intramolecular Hbond substituents is 6. The van der Waals surface area contributed by atoms with Gasteiger partial charge in [-0.1, -0.05) is 12.1 Å². The molecule has 2 amide bonds. The largest absolute Gasteiger partial charge is 0.507 e. The van der Waals surface area contributed by atoms with Crippen LogP contribution in [0.1, 0.15) is 31.8 Å². The van der Waals surface area contributed by atoms with E-state index in [9.17, 15) is 49.8 Å². The molecule has 0 saturated heterocycles. The van der Waals surface area contributed by atoms with Gasteiger partial charge >= 0.3 is 0 Å². The van der Waals surface area contributed by atoms with Gasteiger partial charge in [0.2, 0.25) is 10.9 Å². The predicted octanol–water partition coefficient (Wildman–Crippen LogP) is 6.66. The molecule has 0 aliphatic carbocycles. The van der Waals surface area contributed by atoms with Gasteiger partial charge in [-0.05, 0) is 85.6 Å². The van der Waals surface area contributed by atoms with Gasteiger partial charge in [-0.25, -0.2) is 0 Å². The van der Waals surface area contributed by atoms with Gasteiger partial charge in [-0.2, -0.15) is 0 Å². The molecule has 0 saturated carbocycles. The molecular weight excluding hydrogens is 755 g/mol. The van der Waals surface area contributed by atoms with E-state index < -0.39 is 33.9 Å². The van der Waals surface area contributed by atoms with Gasteiger partial charge in [0.25, 0.3) is 11.8 Å². The number of nitrogens with zero attached hydrogens (tertiary/aromatic N) is 2. The Balaban J connectivity index is 0.000000170. The van der Waals surface area contributed by atoms with Gasteiger partial charge in [-0.15, -0.1) is 0 Å². The van der Waals surface area contributed by atoms with Crippen LogP contribution in [0.5, 0.6) is 34.5 Å². The number of nitrogens with two attached hydrogens (primary N) is 1. The van der Waals surface area contributed by atoms with Crippen molar-refractivity contribution in [2.45, 2.75) is 13.8 Å². The van der Waals surface area contributed by atoms with Crippen molar-refractivity contribution in [3.05, 3.63) is 97.3 Å². The highest BCUT2D eigenvalue weighted by molar-refractivity contribution is 6.51. The van der Waals surface area contributed by atoms with Crippen LogP contribution in [-0.2, 0) is 0 Å². The zero-order chi connectivity index (χ0) is 41.8. The fourth-order valence-corrected chi connectivity index (χ4v) is 9.66. The van der Waals surface area contributed by atoms with Crippen LogP contribution in [0.2, 0.25) is 0 Å². The fraction of sp³-hybridized carbons (Fsp3) is 0.130. The maximum atomic E-state index is 13.9. The van der Waals surface area contributed by atoms with E-state index in [-0.39, 0.29) is 66.4 Å². The summed E-state index contributed by atoms with van der Waals surface area (Å²) < 4.78 is 0. The van der Waals surface area contributed by atoms with E-state index in [1.165, 1.54) is 17.0 Å². The van der Waals surface area contributed by atoms with E-state index in [4.69, 9.17) is 5.73 Å². The highest BCUT2D eigenvalue weighted by Crippen LogP contribution is 2.57. The maximum absolute atomic E-state index is 13.9. The monoisotopic (exact) mass is 787 g/mol. The van der Waals surface area contributed by atoms with E-state index in [0.717, 1.165) is 17.5 Å². The second-order valence-electron chi connectivity index (χ2n) is 15.7. The molecule has 0 aromatic heterocycles. The summed E-state index contributed by atoms with van der Waals surface area (Å²) in [5.41, 5.74) is 7.38. The number of carbonyl (C=O) groups excluding carboxylic acids is 2. The Morgan fingerprint density at radius 3 is 1.37 bits per heavy atom. The van der Waals surface area contributed by atoms with Crippen LogP contribution >= 0.6 is 0 Å². The number of nitrogen functional groups attached to an aromatic ring is 1. The number of benzene rings is 10. The first-order valence-corrected chi connectivity index (χ1v) is 18.6. The number of fused-ring (bicyclic) bond motifs is 2. The lowest BCUT2D eigenvalue weighted by molar-refractivity contribution is 0.0601. The molecule has 13 heteroatoms. The molecule has 11 rings (SSSR count). The smallest absolute Gasteiger partial charge is 0.261 e. The molecule has 1 heterocycles. The molecule has 0 fully saturated rings. The van der Waals surface area contributed by atoms with Crippen LogP contribution in [0.3, 0.4) is 0 Å². The SMILES string of the molecule is CN(C)CCN1C(=O)c2cccc3cc(N)cc(c23)C1=O.Cc1cc(O)c2c(=O)c3c(O)cc(O)c4c5c(O)cc(O)c6c(=O)c7c(O)cc(C)c8c1c2c(c34)c(c78)c65. The lowest BCUT2D eigenvalue weighted by Gasteiger charge is -2.28. The standard InChI is InChI=1S/C30H16O8.C16H17N3O2/c1-7-3-9(31)19-23-15(7)16-8(2)4-10(32)20-24(16)28-26-18(12(34)6-14(36)22(26)30(20)38)17-11(33)5-13(35)21(29(19)37)25(17)27(23)28;1-18(2)6-7-19-15(20)12-5-3-4-10-8-11(17)9-13(14(10)12)16(19)21/h3-6,31-36H,1-2H3;3-5,8-9H,6-7,17H2,1-2H3. The predicted molar refractivity (Wildman–Crippen MR) is 228 cm³/mol. The number of aryl methyl sites for hydroxylation is 2. The fourth-order valence-electron chi connectivity index (χ4n) is 9.66. The van der Waals surface area contributed by atoms with Crippen molar-refractivity contribution < 1.29 is 40.2 Å². The minimum absolute atomic E-state index is 0.0211. The lowest BCUT2D eigenvalue weighted by Crippen LogP contribution is -2.43. The molecule has 0 bridgehead atoms. The quantitative estimate of drug-likeness (QED) is 0.0432. The van der Waals surface area contributed by atoms with Gasteiger partial charge in [0.1, 0.15) is 34.5 Å². The summed E-state index contributed by atoms with van der Waals surface area (Å²) in [5.74, 6) is -3.00. The Bertz CT molecular complexity index is 3330. The molecule has 0 atom stereocenters. The van der Waals surface area contributed by atoms with Crippen LogP contribution in [0.15, 0.2) is 64.2 Å². The van der Waals surface area contributed by atoms with Crippen LogP contribution in [0, 0.1) is 13.8 Å². The van der Waals surface area contributed by atoms with Gasteiger partial charge in [-0.3, -0.25) is 24.1 Å². The molecule has 10 aromatic carbocycles. The average molecular weight is 788 g/mol. The first-order chi connectivity index (χ1) is 28.0. The van der Waals surface area contributed by atoms with Crippen molar-refractivity contribution in [2.24, 2.45) is 0 Å². The summed E-state index contributed by atoms with van der Waals surface area (Å²) in [4.78, 5) is 56.2. The van der Waals surface area contributed by atoms with E-state index in [1.54, 1.807) is 32.0 Å². The Kier molecular flexibility index (Phi) is 7.10. The number of carbonyl (C=O) groups is 2. The van der Waals surface area contributed by atoms with Crippen LogP contribution in [0.4, 0.5) is 5.69 Å². The number of aromatic hydroxyl groups is 6. The lowest BCUT2D eigenvalue weighted by atomic mass is 9.78. The zero-order valence-electron chi connectivity index (χ0n) is 31.9. The molecule has 1 aliphatic rings. The molecule has 59 heavy (non-hydrogen) atoms. The Morgan fingerprint density at radius 1 is 0.492 bits per heavy atom. The van der Waals surface area contributed by atoms with Crippen LogP contribution in [0.25, 0.3) is 86.2 Å². The average Bonchev–Trinajstić information content (AvgIpc) is 3.16. The Hall–Kier alpha value is -7.64. The maximum Gasteiger partial charge on any atom is 0.261 e. The summed E-state index contributed by atoms with van der Waals surface area (Å²) in [6, 6.07) is 13.8. The minimum Gasteiger partial charge on any atom is -0.507 e. The van der Waals surface area contributed by atoms with E-state index >= 15 is 0 Å². The first-order valence-electron chi connectivity index (χ1n) is 18.6. The third-order valence-electron chi connectivity index (χ3n) is 12.0. The van der Waals surface area contributed by atoms with Crippen LogP contribution < -0.4 is 16.6 Å². The van der Waals surface area contributed by atoms with E-state index in [1.807, 2.05) is 31.1 Å². The van der Waals surface area contributed by atoms with Crippen molar-refractivity contribution in [1.82, 2.24) is 9.80 Å². The highest BCUT2D eigenvalue weighted by atomic mass is 16.3. The molecule has 0 unspecified atom stereocenters. The molecule has 8 N–H and O–H groups in total. The summed E-state index contributed by atoms with van der Waals surface area (Å²) in [5, 5.41) is 70.0. The van der Waals surface area contributed by atoms with Crippen molar-refractivity contribution in [3.63, 3.8) is 0 Å². The molecule has 13 nitrogen and oxygen atoms in total. The molecular formula is C46H33N3O10. The zero-order valence-corrected chi connectivity index (χ0v) is 31.9. The number of phenols is 6. The second-order valence-corrected chi connectivity index (χ2v) is 15.7. The van der Waals surface area contributed by atoms with Crippen molar-refractivity contribution in [2.75, 3.05) is 32.9 Å². The Morgan fingerprint density at radius 2 is 0.898 bits per heavy atom. The normalized spacial score (nSPS) is 13.3. The number of hydrogen-bond donors (Lipinski definition) is 7. The molecule has 10 aromatic rings. The topological polar surface area (TPSA) is 222 Å². The second kappa shape index (κ2) is 11.7. The summed E-state index contributed by atoms with van der Waals surface area (Å²) in [7, 11) is 3.82.